The van der Waals surface area contributed by atoms with Crippen molar-refractivity contribution in [1.82, 2.24) is 0 Å². The minimum absolute atomic E-state index is 0.0136. The number of hydrogen-bond donors (Lipinski definition) is 1. The Morgan fingerprint density at radius 1 is 0.810 bits per heavy atom. The molecule has 21 heavy (non-hydrogen) atoms. The van der Waals surface area contributed by atoms with Gasteiger partial charge in [0.1, 0.15) is 5.75 Å². The van der Waals surface area contributed by atoms with E-state index in [2.05, 4.69) is 0 Å². The van der Waals surface area contributed by atoms with Gasteiger partial charge in [-0.05, 0) is 35.0 Å². The summed E-state index contributed by atoms with van der Waals surface area (Å²) in [6, 6.07) is 16.4. The average Bonchev–Trinajstić information content (AvgIpc) is 2.49. The summed E-state index contributed by atoms with van der Waals surface area (Å²) in [5.41, 5.74) is 0. The van der Waals surface area contributed by atoms with E-state index in [1.165, 1.54) is 12.1 Å². The highest BCUT2D eigenvalue weighted by atomic mass is 35.5. The maximum atomic E-state index is 12.6. The molecule has 0 aliphatic carbocycles. The fourth-order valence-electron chi connectivity index (χ4n) is 2.13. The molecule has 3 aromatic carbocycles. The molecule has 0 aliphatic heterocycles. The maximum Gasteiger partial charge on any atom is 0.206 e. The van der Waals surface area contributed by atoms with E-state index < -0.39 is 9.84 Å². The van der Waals surface area contributed by atoms with Crippen molar-refractivity contribution < 1.29 is 13.5 Å². The number of benzene rings is 3. The van der Waals surface area contributed by atoms with E-state index in [-0.39, 0.29) is 20.6 Å². The Balaban J connectivity index is 2.17. The number of halogens is 1. The van der Waals surface area contributed by atoms with Crippen LogP contribution >= 0.6 is 11.6 Å². The lowest BCUT2D eigenvalue weighted by Gasteiger charge is -2.07. The van der Waals surface area contributed by atoms with Crippen LogP contribution in [0.25, 0.3) is 10.8 Å². The monoisotopic (exact) mass is 318 g/mol. The van der Waals surface area contributed by atoms with E-state index in [9.17, 15) is 13.5 Å². The summed E-state index contributed by atoms with van der Waals surface area (Å²) in [6.07, 6.45) is 0. The van der Waals surface area contributed by atoms with Crippen molar-refractivity contribution >= 4 is 32.2 Å². The molecule has 106 valence electrons. The number of aromatic hydroxyl groups is 1. The molecule has 5 heteroatoms. The van der Waals surface area contributed by atoms with Crippen LogP contribution in [0.5, 0.6) is 5.75 Å². The molecule has 0 heterocycles. The van der Waals surface area contributed by atoms with Gasteiger partial charge in [-0.2, -0.15) is 0 Å². The molecular formula is C16H11ClO3S. The number of fused-ring (bicyclic) bond motifs is 1. The van der Waals surface area contributed by atoms with Gasteiger partial charge in [-0.3, -0.25) is 0 Å². The Kier molecular flexibility index (Phi) is 3.35. The van der Waals surface area contributed by atoms with E-state index in [0.29, 0.717) is 0 Å². The van der Waals surface area contributed by atoms with Gasteiger partial charge in [0.2, 0.25) is 9.84 Å². The van der Waals surface area contributed by atoms with Crippen LogP contribution in [0, 0.1) is 0 Å². The summed E-state index contributed by atoms with van der Waals surface area (Å²) in [4.78, 5) is 0.197. The fraction of sp³-hybridized carbons (Fsp3) is 0. The molecule has 0 saturated carbocycles. The van der Waals surface area contributed by atoms with E-state index >= 15 is 0 Å². The van der Waals surface area contributed by atoms with Crippen LogP contribution in [-0.4, -0.2) is 13.5 Å². The number of sulfone groups is 1. The van der Waals surface area contributed by atoms with Gasteiger partial charge in [0.25, 0.3) is 0 Å². The summed E-state index contributed by atoms with van der Waals surface area (Å²) in [6.45, 7) is 0. The Labute approximate surface area is 127 Å². The maximum absolute atomic E-state index is 12.6. The van der Waals surface area contributed by atoms with E-state index in [4.69, 9.17) is 11.6 Å². The lowest BCUT2D eigenvalue weighted by Crippen LogP contribution is -2.01. The molecule has 0 atom stereocenters. The molecule has 0 spiro atoms. The molecule has 0 aromatic heterocycles. The third kappa shape index (κ3) is 2.48. The molecule has 0 bridgehead atoms. The zero-order valence-corrected chi connectivity index (χ0v) is 12.4. The van der Waals surface area contributed by atoms with Crippen molar-refractivity contribution in [1.29, 1.82) is 0 Å². The van der Waals surface area contributed by atoms with Crippen LogP contribution in [0.1, 0.15) is 0 Å². The predicted molar refractivity (Wildman–Crippen MR) is 82.5 cm³/mol. The smallest absolute Gasteiger partial charge is 0.206 e. The molecule has 0 amide bonds. The third-order valence-electron chi connectivity index (χ3n) is 3.26. The van der Waals surface area contributed by atoms with Crippen molar-refractivity contribution in [2.24, 2.45) is 0 Å². The quantitative estimate of drug-likeness (QED) is 0.776. The molecule has 0 fully saturated rings. The molecular weight excluding hydrogens is 308 g/mol. The van der Waals surface area contributed by atoms with Crippen molar-refractivity contribution in [2.75, 3.05) is 0 Å². The van der Waals surface area contributed by atoms with Gasteiger partial charge >= 0.3 is 0 Å². The summed E-state index contributed by atoms with van der Waals surface area (Å²) in [5.74, 6) is -0.251. The number of phenols is 1. The first kappa shape index (κ1) is 13.9. The van der Waals surface area contributed by atoms with Crippen LogP contribution < -0.4 is 0 Å². The molecule has 3 aromatic rings. The topological polar surface area (TPSA) is 54.4 Å². The highest BCUT2D eigenvalue weighted by Gasteiger charge is 2.19. The molecule has 1 N–H and O–H groups in total. The molecule has 0 unspecified atom stereocenters. The molecule has 0 aliphatic rings. The Bertz CT molecular complexity index is 933. The number of phenolic OH excluding ortho intramolecular Hbond substituents is 1. The van der Waals surface area contributed by atoms with Gasteiger partial charge in [0.05, 0.1) is 14.8 Å². The van der Waals surface area contributed by atoms with Gasteiger partial charge in [0.15, 0.2) is 0 Å². The minimum Gasteiger partial charge on any atom is -0.506 e. The first-order valence-corrected chi connectivity index (χ1v) is 8.07. The zero-order chi connectivity index (χ0) is 15.0. The van der Waals surface area contributed by atoms with Crippen LogP contribution in [0.4, 0.5) is 0 Å². The zero-order valence-electron chi connectivity index (χ0n) is 10.8. The Hall–Kier alpha value is -2.04. The van der Waals surface area contributed by atoms with Crippen LogP contribution in [0.15, 0.2) is 70.5 Å². The van der Waals surface area contributed by atoms with E-state index in [1.54, 1.807) is 18.2 Å². The predicted octanol–water partition coefficient (Wildman–Crippen LogP) is 4.03. The van der Waals surface area contributed by atoms with Crippen LogP contribution in [0.3, 0.4) is 0 Å². The Morgan fingerprint density at radius 3 is 2.14 bits per heavy atom. The van der Waals surface area contributed by atoms with Gasteiger partial charge in [-0.15, -0.1) is 0 Å². The van der Waals surface area contributed by atoms with Crippen molar-refractivity contribution in [3.05, 3.63) is 65.7 Å². The molecule has 0 radical (unpaired) electrons. The second-order valence-electron chi connectivity index (χ2n) is 4.63. The highest BCUT2D eigenvalue weighted by molar-refractivity contribution is 7.91. The minimum atomic E-state index is -3.69. The Morgan fingerprint density at radius 2 is 1.43 bits per heavy atom. The summed E-state index contributed by atoms with van der Waals surface area (Å²) < 4.78 is 25.2. The van der Waals surface area contributed by atoms with Crippen molar-refractivity contribution in [3.63, 3.8) is 0 Å². The average molecular weight is 319 g/mol. The fourth-order valence-corrected chi connectivity index (χ4v) is 3.56. The lowest BCUT2D eigenvalue weighted by atomic mass is 10.1. The number of rotatable bonds is 2. The highest BCUT2D eigenvalue weighted by Crippen LogP contribution is 2.30. The van der Waals surface area contributed by atoms with Crippen molar-refractivity contribution in [3.8, 4) is 5.75 Å². The third-order valence-corrected chi connectivity index (χ3v) is 5.33. The van der Waals surface area contributed by atoms with E-state index in [0.717, 1.165) is 16.8 Å². The van der Waals surface area contributed by atoms with Crippen molar-refractivity contribution in [2.45, 2.75) is 9.79 Å². The van der Waals surface area contributed by atoms with Gasteiger partial charge < -0.3 is 5.11 Å². The first-order valence-electron chi connectivity index (χ1n) is 6.21. The second-order valence-corrected chi connectivity index (χ2v) is 6.98. The molecule has 0 saturated heterocycles. The normalized spacial score (nSPS) is 11.7. The standard InChI is InChI=1S/C16H11ClO3S/c17-15-8-7-14(10-16(15)18)21(19,20)13-6-5-11-3-1-2-4-12(11)9-13/h1-10,18H. The summed E-state index contributed by atoms with van der Waals surface area (Å²) in [7, 11) is -3.69. The summed E-state index contributed by atoms with van der Waals surface area (Å²) >= 11 is 5.71. The van der Waals surface area contributed by atoms with E-state index in [1.807, 2.05) is 24.3 Å². The van der Waals surface area contributed by atoms with Gasteiger partial charge in [-0.25, -0.2) is 8.42 Å². The largest absolute Gasteiger partial charge is 0.506 e. The number of hydrogen-bond acceptors (Lipinski definition) is 3. The second kappa shape index (κ2) is 5.06. The lowest BCUT2D eigenvalue weighted by molar-refractivity contribution is 0.473. The molecule has 3 nitrogen and oxygen atoms in total. The van der Waals surface area contributed by atoms with Gasteiger partial charge in [0, 0.05) is 6.07 Å². The summed E-state index contributed by atoms with van der Waals surface area (Å²) in [5, 5.41) is 11.5. The first-order chi connectivity index (χ1) is 9.98. The van der Waals surface area contributed by atoms with Gasteiger partial charge in [-0.1, -0.05) is 41.9 Å². The van der Waals surface area contributed by atoms with Crippen LogP contribution in [0.2, 0.25) is 5.02 Å². The SMILES string of the molecule is O=S(=O)(c1ccc(Cl)c(O)c1)c1ccc2ccccc2c1. The van der Waals surface area contributed by atoms with Crippen LogP contribution in [-0.2, 0) is 9.84 Å². The molecule has 3 rings (SSSR count).